The summed E-state index contributed by atoms with van der Waals surface area (Å²) < 4.78 is 26.9. The van der Waals surface area contributed by atoms with Crippen molar-refractivity contribution in [2.45, 2.75) is 38.1 Å². The lowest BCUT2D eigenvalue weighted by molar-refractivity contribution is 0.240. The third-order valence-electron chi connectivity index (χ3n) is 2.68. The van der Waals surface area contributed by atoms with Crippen LogP contribution in [0.3, 0.4) is 0 Å². The Hall–Kier alpha value is -0.910. The first-order valence-corrected chi connectivity index (χ1v) is 7.54. The molecule has 0 aliphatic heterocycles. The highest BCUT2D eigenvalue weighted by molar-refractivity contribution is 7.89. The van der Waals surface area contributed by atoms with Gasteiger partial charge >= 0.3 is 0 Å². The van der Waals surface area contributed by atoms with E-state index in [0.717, 1.165) is 0 Å². The van der Waals surface area contributed by atoms with Gasteiger partial charge in [-0.15, -0.1) is 0 Å². The second-order valence-corrected chi connectivity index (χ2v) is 6.58. The molecule has 0 radical (unpaired) electrons. The molecule has 0 saturated carbocycles. The number of nitrogens with one attached hydrogen (secondary N) is 1. The number of hydrogen-bond donors (Lipinski definition) is 2. The van der Waals surface area contributed by atoms with Crippen molar-refractivity contribution in [3.05, 3.63) is 29.8 Å². The molecule has 1 unspecified atom stereocenters. The van der Waals surface area contributed by atoms with Crippen molar-refractivity contribution in [2.24, 2.45) is 5.92 Å². The third-order valence-corrected chi connectivity index (χ3v) is 4.36. The number of benzene rings is 1. The lowest BCUT2D eigenvalue weighted by Crippen LogP contribution is -2.38. The Bertz CT molecular complexity index is 483. The normalized spacial score (nSPS) is 13.8. The smallest absolute Gasteiger partial charge is 0.241 e. The molecule has 0 spiro atoms. The Balaban J connectivity index is 2.91. The van der Waals surface area contributed by atoms with Gasteiger partial charge in [0.15, 0.2) is 0 Å². The lowest BCUT2D eigenvalue weighted by Gasteiger charge is -2.19. The Morgan fingerprint density at radius 1 is 1.28 bits per heavy atom. The second-order valence-electron chi connectivity index (χ2n) is 4.90. The largest absolute Gasteiger partial charge is 0.395 e. The average molecular weight is 271 g/mol. The van der Waals surface area contributed by atoms with Crippen LogP contribution >= 0.6 is 0 Å². The van der Waals surface area contributed by atoms with Gasteiger partial charge in [-0.3, -0.25) is 0 Å². The Morgan fingerprint density at radius 3 is 2.39 bits per heavy atom. The summed E-state index contributed by atoms with van der Waals surface area (Å²) in [6.45, 7) is 5.55. The highest BCUT2D eigenvalue weighted by Gasteiger charge is 2.21. The number of aliphatic hydroxyl groups excluding tert-OH is 1. The minimum Gasteiger partial charge on any atom is -0.395 e. The van der Waals surface area contributed by atoms with Crippen LogP contribution in [-0.2, 0) is 10.0 Å². The molecule has 0 saturated heterocycles. The zero-order chi connectivity index (χ0) is 13.8. The predicted molar refractivity (Wildman–Crippen MR) is 71.8 cm³/mol. The van der Waals surface area contributed by atoms with E-state index in [9.17, 15) is 13.5 Å². The highest BCUT2D eigenvalue weighted by atomic mass is 32.2. The predicted octanol–water partition coefficient (Wildman–Crippen LogP) is 1.68. The molecular weight excluding hydrogens is 250 g/mol. The fraction of sp³-hybridized carbons (Fsp3) is 0.538. The standard InChI is InChI=1S/C13H21NO3S/c1-10(2)8-12(9-15)14-18(16,17)13-7-5-4-6-11(13)3/h4-7,10,12,14-15H,8-9H2,1-3H3. The van der Waals surface area contributed by atoms with E-state index in [2.05, 4.69) is 4.72 Å². The molecule has 0 aliphatic rings. The molecule has 2 N–H and O–H groups in total. The van der Waals surface area contributed by atoms with E-state index in [-0.39, 0.29) is 11.5 Å². The molecule has 18 heavy (non-hydrogen) atoms. The van der Waals surface area contributed by atoms with Crippen molar-refractivity contribution in [2.75, 3.05) is 6.61 Å². The molecule has 1 rings (SSSR count). The lowest BCUT2D eigenvalue weighted by atomic mass is 10.1. The highest BCUT2D eigenvalue weighted by Crippen LogP contribution is 2.15. The molecule has 4 nitrogen and oxygen atoms in total. The second kappa shape index (κ2) is 6.31. The van der Waals surface area contributed by atoms with E-state index in [1.54, 1.807) is 31.2 Å². The molecule has 0 aliphatic carbocycles. The number of hydrogen-bond acceptors (Lipinski definition) is 3. The number of sulfonamides is 1. The van der Waals surface area contributed by atoms with E-state index in [0.29, 0.717) is 17.9 Å². The van der Waals surface area contributed by atoms with Crippen molar-refractivity contribution < 1.29 is 13.5 Å². The number of aryl methyl sites for hydroxylation is 1. The monoisotopic (exact) mass is 271 g/mol. The molecule has 0 amide bonds. The fourth-order valence-electron chi connectivity index (χ4n) is 1.87. The Morgan fingerprint density at radius 2 is 1.89 bits per heavy atom. The maximum atomic E-state index is 12.2. The van der Waals surface area contributed by atoms with Gasteiger partial charge in [0, 0.05) is 6.04 Å². The van der Waals surface area contributed by atoms with E-state index >= 15 is 0 Å². The van der Waals surface area contributed by atoms with Gasteiger partial charge in [-0.1, -0.05) is 32.0 Å². The molecule has 5 heteroatoms. The Labute approximate surface area is 109 Å². The summed E-state index contributed by atoms with van der Waals surface area (Å²) in [6, 6.07) is 6.38. The topological polar surface area (TPSA) is 66.4 Å². The summed E-state index contributed by atoms with van der Waals surface area (Å²) in [5.41, 5.74) is 0.700. The van der Waals surface area contributed by atoms with Gasteiger partial charge in [0.2, 0.25) is 10.0 Å². The van der Waals surface area contributed by atoms with Gasteiger partial charge in [-0.2, -0.15) is 0 Å². The van der Waals surface area contributed by atoms with Gasteiger partial charge in [-0.05, 0) is 30.9 Å². The van der Waals surface area contributed by atoms with E-state index < -0.39 is 16.1 Å². The maximum absolute atomic E-state index is 12.2. The minimum atomic E-state index is -3.56. The number of rotatable bonds is 6. The van der Waals surface area contributed by atoms with Crippen LogP contribution in [0.2, 0.25) is 0 Å². The van der Waals surface area contributed by atoms with Gasteiger partial charge in [0.05, 0.1) is 11.5 Å². The van der Waals surface area contributed by atoms with Crippen LogP contribution in [0.4, 0.5) is 0 Å². The van der Waals surface area contributed by atoms with Crippen LogP contribution in [0.5, 0.6) is 0 Å². The zero-order valence-corrected chi connectivity index (χ0v) is 11.9. The van der Waals surface area contributed by atoms with Crippen molar-refractivity contribution in [1.82, 2.24) is 4.72 Å². The van der Waals surface area contributed by atoms with Gasteiger partial charge in [0.1, 0.15) is 0 Å². The van der Waals surface area contributed by atoms with Gasteiger partial charge < -0.3 is 5.11 Å². The van der Waals surface area contributed by atoms with Crippen molar-refractivity contribution in [3.63, 3.8) is 0 Å². The van der Waals surface area contributed by atoms with Crippen LogP contribution in [0.25, 0.3) is 0 Å². The molecule has 1 aromatic carbocycles. The van der Waals surface area contributed by atoms with Crippen LogP contribution in [0.1, 0.15) is 25.8 Å². The summed E-state index contributed by atoms with van der Waals surface area (Å²) >= 11 is 0. The first-order valence-electron chi connectivity index (χ1n) is 6.05. The molecule has 0 aromatic heterocycles. The quantitative estimate of drug-likeness (QED) is 0.827. The fourth-order valence-corrected chi connectivity index (χ4v) is 3.36. The molecular formula is C13H21NO3S. The minimum absolute atomic E-state index is 0.191. The summed E-state index contributed by atoms with van der Waals surface area (Å²) in [6.07, 6.45) is 0.613. The Kier molecular flexibility index (Phi) is 5.31. The summed E-state index contributed by atoms with van der Waals surface area (Å²) in [5, 5.41) is 9.23. The van der Waals surface area contributed by atoms with Crippen LogP contribution in [0, 0.1) is 12.8 Å². The van der Waals surface area contributed by atoms with Crippen LogP contribution < -0.4 is 4.72 Å². The summed E-state index contributed by atoms with van der Waals surface area (Å²) in [7, 11) is -3.56. The SMILES string of the molecule is Cc1ccccc1S(=O)(=O)NC(CO)CC(C)C. The molecule has 0 bridgehead atoms. The third kappa shape index (κ3) is 4.08. The van der Waals surface area contributed by atoms with E-state index in [1.165, 1.54) is 0 Å². The summed E-state index contributed by atoms with van der Waals surface area (Å²) in [4.78, 5) is 0.271. The maximum Gasteiger partial charge on any atom is 0.241 e. The molecule has 1 aromatic rings. The van der Waals surface area contributed by atoms with Crippen molar-refractivity contribution >= 4 is 10.0 Å². The first kappa shape index (κ1) is 15.1. The molecule has 0 fully saturated rings. The van der Waals surface area contributed by atoms with Gasteiger partial charge in [0.25, 0.3) is 0 Å². The van der Waals surface area contributed by atoms with Crippen LogP contribution in [-0.4, -0.2) is 26.2 Å². The van der Waals surface area contributed by atoms with Crippen LogP contribution in [0.15, 0.2) is 29.2 Å². The molecule has 102 valence electrons. The van der Waals surface area contributed by atoms with E-state index in [4.69, 9.17) is 0 Å². The zero-order valence-electron chi connectivity index (χ0n) is 11.1. The number of aliphatic hydroxyl groups is 1. The first-order chi connectivity index (χ1) is 8.36. The van der Waals surface area contributed by atoms with Gasteiger partial charge in [-0.25, -0.2) is 13.1 Å². The van der Waals surface area contributed by atoms with Crippen molar-refractivity contribution in [3.8, 4) is 0 Å². The van der Waals surface area contributed by atoms with E-state index in [1.807, 2.05) is 13.8 Å². The van der Waals surface area contributed by atoms with Crippen molar-refractivity contribution in [1.29, 1.82) is 0 Å². The summed E-state index contributed by atoms with van der Waals surface area (Å²) in [5.74, 6) is 0.321. The molecule has 0 heterocycles. The molecule has 1 atom stereocenters. The average Bonchev–Trinajstić information content (AvgIpc) is 2.27.